The zero-order valence-corrected chi connectivity index (χ0v) is 7.86. The smallest absolute Gasteiger partial charge is 0.167 e. The maximum absolute atomic E-state index is 10.7. The molecule has 0 radical (unpaired) electrons. The van der Waals surface area contributed by atoms with Crippen LogP contribution in [0.15, 0.2) is 5.38 Å². The normalized spacial score (nSPS) is 8.83. The highest BCUT2D eigenvalue weighted by molar-refractivity contribution is 7.10. The fourth-order valence-corrected chi connectivity index (χ4v) is 1.52. The van der Waals surface area contributed by atoms with Crippen molar-refractivity contribution in [1.29, 1.82) is 0 Å². The van der Waals surface area contributed by atoms with E-state index in [9.17, 15) is 4.79 Å². The number of nitrogens with zero attached hydrogens (tertiary/aromatic N) is 1. The number of ketones is 1. The molecule has 0 aliphatic heterocycles. The van der Waals surface area contributed by atoms with Crippen LogP contribution < -0.4 is 0 Å². The highest BCUT2D eigenvalue weighted by atomic mass is 32.1. The monoisotopic (exact) mass is 179 g/mol. The molecule has 0 amide bonds. The van der Waals surface area contributed by atoms with Gasteiger partial charge in [0.25, 0.3) is 0 Å². The van der Waals surface area contributed by atoms with Crippen molar-refractivity contribution in [3.05, 3.63) is 16.1 Å². The largest absolute Gasteiger partial charge is 0.300 e. The third kappa shape index (κ3) is 2.48. The summed E-state index contributed by atoms with van der Waals surface area (Å²) in [7, 11) is 0. The van der Waals surface area contributed by atoms with Gasteiger partial charge >= 0.3 is 0 Å². The number of Topliss-reactive ketones (excluding diaryl/α,β-unsaturated/α-hetero) is 1. The molecule has 0 bridgehead atoms. The Bertz CT molecular complexity index is 343. The number of carbonyl (C=O) groups excluding carboxylic acids is 1. The molecule has 1 aromatic rings. The molecule has 12 heavy (non-hydrogen) atoms. The van der Waals surface area contributed by atoms with E-state index in [1.54, 1.807) is 13.8 Å². The van der Waals surface area contributed by atoms with Gasteiger partial charge in [0.05, 0.1) is 5.69 Å². The molecule has 0 saturated carbocycles. The molecule has 3 heteroatoms. The molecule has 0 atom stereocenters. The number of thiazole rings is 1. The van der Waals surface area contributed by atoms with Crippen LogP contribution in [0.3, 0.4) is 0 Å². The second kappa shape index (κ2) is 4.03. The van der Waals surface area contributed by atoms with E-state index in [1.807, 2.05) is 5.38 Å². The van der Waals surface area contributed by atoms with Gasteiger partial charge in [0, 0.05) is 11.8 Å². The number of aromatic nitrogens is 1. The summed E-state index contributed by atoms with van der Waals surface area (Å²) in [5, 5.41) is 2.66. The third-order valence-electron chi connectivity index (χ3n) is 1.21. The molecule has 0 aliphatic carbocycles. The van der Waals surface area contributed by atoms with Gasteiger partial charge in [-0.25, -0.2) is 4.98 Å². The van der Waals surface area contributed by atoms with E-state index in [0.29, 0.717) is 6.42 Å². The highest BCUT2D eigenvalue weighted by Crippen LogP contribution is 2.08. The summed E-state index contributed by atoms with van der Waals surface area (Å²) in [6.07, 6.45) is 0.419. The van der Waals surface area contributed by atoms with E-state index in [4.69, 9.17) is 0 Å². The van der Waals surface area contributed by atoms with Crippen LogP contribution in [-0.4, -0.2) is 10.8 Å². The predicted octanol–water partition coefficient (Wildman–Crippen LogP) is 1.65. The lowest BCUT2D eigenvalue weighted by molar-refractivity contribution is -0.116. The Labute approximate surface area is 75.6 Å². The van der Waals surface area contributed by atoms with E-state index >= 15 is 0 Å². The van der Waals surface area contributed by atoms with Crippen LogP contribution in [0.25, 0.3) is 0 Å². The van der Waals surface area contributed by atoms with Crippen molar-refractivity contribution in [1.82, 2.24) is 4.98 Å². The van der Waals surface area contributed by atoms with Gasteiger partial charge in [-0.05, 0) is 19.8 Å². The fourth-order valence-electron chi connectivity index (χ4n) is 0.808. The molecule has 0 unspecified atom stereocenters. The van der Waals surface area contributed by atoms with Crippen molar-refractivity contribution in [2.75, 3.05) is 0 Å². The topological polar surface area (TPSA) is 30.0 Å². The lowest BCUT2D eigenvalue weighted by atomic mass is 10.3. The quantitative estimate of drug-likeness (QED) is 0.646. The second-order valence-electron chi connectivity index (χ2n) is 2.40. The van der Waals surface area contributed by atoms with E-state index < -0.39 is 0 Å². The van der Waals surface area contributed by atoms with Crippen LogP contribution in [0, 0.1) is 11.8 Å². The minimum atomic E-state index is 0.135. The van der Waals surface area contributed by atoms with E-state index in [1.165, 1.54) is 11.3 Å². The molecule has 1 aromatic heterocycles. The Morgan fingerprint density at radius 2 is 2.50 bits per heavy atom. The van der Waals surface area contributed by atoms with Gasteiger partial charge in [-0.15, -0.1) is 11.3 Å². The minimum Gasteiger partial charge on any atom is -0.300 e. The summed E-state index contributed by atoms with van der Waals surface area (Å²) < 4.78 is 0. The lowest BCUT2D eigenvalue weighted by Gasteiger charge is -1.86. The SMILES string of the molecule is CC#Cc1nc(CC(C)=O)cs1. The molecule has 0 aromatic carbocycles. The first-order valence-electron chi connectivity index (χ1n) is 3.59. The van der Waals surface area contributed by atoms with Crippen molar-refractivity contribution in [2.45, 2.75) is 20.3 Å². The van der Waals surface area contributed by atoms with E-state index in [-0.39, 0.29) is 5.78 Å². The molecule has 0 spiro atoms. The summed E-state index contributed by atoms with van der Waals surface area (Å²) >= 11 is 1.48. The van der Waals surface area contributed by atoms with Gasteiger partial charge in [0.15, 0.2) is 5.01 Å². The molecule has 0 aliphatic rings. The molecule has 1 rings (SSSR count). The van der Waals surface area contributed by atoms with Crippen molar-refractivity contribution in [3.8, 4) is 11.8 Å². The molecular formula is C9H9NOS. The summed E-state index contributed by atoms with van der Waals surface area (Å²) in [6.45, 7) is 3.33. The summed E-state index contributed by atoms with van der Waals surface area (Å²) in [5.41, 5.74) is 0.824. The van der Waals surface area contributed by atoms with Gasteiger partial charge in [0.2, 0.25) is 0 Å². The Hall–Kier alpha value is -1.14. The van der Waals surface area contributed by atoms with E-state index in [0.717, 1.165) is 10.7 Å². The number of hydrogen-bond acceptors (Lipinski definition) is 3. The van der Waals surface area contributed by atoms with Crippen molar-refractivity contribution < 1.29 is 4.79 Å². The van der Waals surface area contributed by atoms with Crippen LogP contribution >= 0.6 is 11.3 Å². The standard InChI is InChI=1S/C9H9NOS/c1-3-4-9-10-8(6-12-9)5-7(2)11/h6H,5H2,1-2H3. The fraction of sp³-hybridized carbons (Fsp3) is 0.333. The summed E-state index contributed by atoms with van der Waals surface area (Å²) in [4.78, 5) is 14.9. The van der Waals surface area contributed by atoms with Gasteiger partial charge in [-0.2, -0.15) is 0 Å². The lowest BCUT2D eigenvalue weighted by Crippen LogP contribution is -1.95. The molecule has 1 heterocycles. The first kappa shape index (κ1) is 8.95. The number of hydrogen-bond donors (Lipinski definition) is 0. The van der Waals surface area contributed by atoms with Crippen molar-refractivity contribution in [2.24, 2.45) is 0 Å². The summed E-state index contributed by atoms with van der Waals surface area (Å²) in [5.74, 6) is 5.75. The maximum atomic E-state index is 10.7. The van der Waals surface area contributed by atoms with Crippen LogP contribution in [0.1, 0.15) is 24.5 Å². The van der Waals surface area contributed by atoms with Crippen molar-refractivity contribution in [3.63, 3.8) is 0 Å². The molecule has 2 nitrogen and oxygen atoms in total. The predicted molar refractivity (Wildman–Crippen MR) is 49.1 cm³/mol. The Morgan fingerprint density at radius 3 is 3.08 bits per heavy atom. The van der Waals surface area contributed by atoms with Gasteiger partial charge in [-0.3, -0.25) is 4.79 Å². The molecule has 62 valence electrons. The zero-order valence-electron chi connectivity index (χ0n) is 7.05. The third-order valence-corrected chi connectivity index (χ3v) is 2.02. The Morgan fingerprint density at radius 1 is 1.75 bits per heavy atom. The zero-order chi connectivity index (χ0) is 8.97. The molecule has 0 saturated heterocycles. The first-order valence-corrected chi connectivity index (χ1v) is 4.47. The number of carbonyl (C=O) groups is 1. The highest BCUT2D eigenvalue weighted by Gasteiger charge is 2.01. The number of rotatable bonds is 2. The second-order valence-corrected chi connectivity index (χ2v) is 3.26. The first-order chi connectivity index (χ1) is 5.72. The van der Waals surface area contributed by atoms with Crippen LogP contribution in [0.2, 0.25) is 0 Å². The average molecular weight is 179 g/mol. The van der Waals surface area contributed by atoms with Gasteiger partial charge in [-0.1, -0.05) is 5.92 Å². The molecule has 0 N–H and O–H groups in total. The van der Waals surface area contributed by atoms with Gasteiger partial charge in [0.1, 0.15) is 5.78 Å². The van der Waals surface area contributed by atoms with Crippen LogP contribution in [-0.2, 0) is 11.2 Å². The van der Waals surface area contributed by atoms with Crippen molar-refractivity contribution >= 4 is 17.1 Å². The van der Waals surface area contributed by atoms with E-state index in [2.05, 4.69) is 16.8 Å². The summed E-state index contributed by atoms with van der Waals surface area (Å²) in [6, 6.07) is 0. The Kier molecular flexibility index (Phi) is 3.01. The van der Waals surface area contributed by atoms with Crippen LogP contribution in [0.5, 0.6) is 0 Å². The van der Waals surface area contributed by atoms with Gasteiger partial charge < -0.3 is 0 Å². The average Bonchev–Trinajstić information content (AvgIpc) is 2.36. The maximum Gasteiger partial charge on any atom is 0.167 e. The molecule has 0 fully saturated rings. The van der Waals surface area contributed by atoms with Crippen LogP contribution in [0.4, 0.5) is 0 Å². The minimum absolute atomic E-state index is 0.135. The Balaban J connectivity index is 2.75. The molecular weight excluding hydrogens is 170 g/mol.